The summed E-state index contributed by atoms with van der Waals surface area (Å²) in [5, 5.41) is 1.02. The maximum atomic E-state index is 13.8. The molecule has 1 aliphatic rings. The van der Waals surface area contributed by atoms with Crippen molar-refractivity contribution in [2.75, 3.05) is 11.5 Å². The molecule has 1 aliphatic heterocycles. The lowest BCUT2D eigenvalue weighted by Crippen LogP contribution is -2.27. The van der Waals surface area contributed by atoms with Crippen LogP contribution >= 0.6 is 24.0 Å². The second-order valence-electron chi connectivity index (χ2n) is 7.43. The first-order chi connectivity index (χ1) is 16.1. The van der Waals surface area contributed by atoms with E-state index in [0.29, 0.717) is 22.4 Å². The van der Waals surface area contributed by atoms with Crippen molar-refractivity contribution in [2.24, 2.45) is 0 Å². The number of rotatable bonds is 6. The van der Waals surface area contributed by atoms with Crippen LogP contribution in [-0.4, -0.2) is 21.4 Å². The quantitative estimate of drug-likeness (QED) is 0.244. The predicted octanol–water partition coefficient (Wildman–Crippen LogP) is 6.27. The summed E-state index contributed by atoms with van der Waals surface area (Å²) in [6.45, 7) is 0.850. The topological polar surface area (TPSA) is 34.5 Å². The number of halogens is 1. The Labute approximate surface area is 200 Å². The average molecular weight is 475 g/mol. The highest BCUT2D eigenvalue weighted by Gasteiger charge is 2.33. The fourth-order valence-corrected chi connectivity index (χ4v) is 5.09. The molecule has 0 saturated carbocycles. The lowest BCUT2D eigenvalue weighted by molar-refractivity contribution is -0.113. The molecule has 0 N–H and O–H groups in total. The van der Waals surface area contributed by atoms with Gasteiger partial charge in [0.05, 0.1) is 17.1 Å². The van der Waals surface area contributed by atoms with Crippen LogP contribution in [-0.2, 0) is 11.3 Å². The van der Waals surface area contributed by atoms with Gasteiger partial charge in [0.25, 0.3) is 5.91 Å². The third-order valence-electron chi connectivity index (χ3n) is 5.34. The van der Waals surface area contributed by atoms with E-state index in [1.807, 2.05) is 66.9 Å². The highest BCUT2D eigenvalue weighted by molar-refractivity contribution is 8.27. The van der Waals surface area contributed by atoms with E-state index in [0.717, 1.165) is 22.2 Å². The van der Waals surface area contributed by atoms with Gasteiger partial charge in [-0.3, -0.25) is 9.69 Å². The van der Waals surface area contributed by atoms with Gasteiger partial charge in [0.15, 0.2) is 15.9 Å². The van der Waals surface area contributed by atoms with E-state index in [4.69, 9.17) is 17.0 Å². The van der Waals surface area contributed by atoms with Crippen molar-refractivity contribution in [1.82, 2.24) is 4.57 Å². The van der Waals surface area contributed by atoms with Crippen LogP contribution in [0.25, 0.3) is 17.0 Å². The maximum absolute atomic E-state index is 13.8. The standard InChI is InChI=1S/C26H19FN2O2S2/c27-21-11-5-7-13-23(21)31-15-14-28-17-18(20-10-4-6-12-22(20)28)16-24-25(30)29(26(32)33-24)19-8-2-1-3-9-19/h1-13,16-17H,14-15H2/b24-16-. The number of hydrogen-bond acceptors (Lipinski definition) is 4. The number of para-hydroxylation sites is 3. The highest BCUT2D eigenvalue weighted by atomic mass is 32.2. The molecule has 3 aromatic carbocycles. The van der Waals surface area contributed by atoms with E-state index >= 15 is 0 Å². The van der Waals surface area contributed by atoms with Gasteiger partial charge in [-0.05, 0) is 36.4 Å². The van der Waals surface area contributed by atoms with Crippen molar-refractivity contribution in [3.63, 3.8) is 0 Å². The molecular weight excluding hydrogens is 455 g/mol. The molecule has 33 heavy (non-hydrogen) atoms. The third-order valence-corrected chi connectivity index (χ3v) is 6.64. The van der Waals surface area contributed by atoms with Gasteiger partial charge in [-0.1, -0.05) is 72.5 Å². The first-order valence-electron chi connectivity index (χ1n) is 10.4. The molecule has 2 heterocycles. The molecule has 1 aromatic heterocycles. The Morgan fingerprint density at radius 2 is 1.70 bits per heavy atom. The molecule has 0 aliphatic carbocycles. The average Bonchev–Trinajstić information content (AvgIpc) is 3.32. The number of nitrogens with zero attached hydrogens (tertiary/aromatic N) is 2. The normalized spacial score (nSPS) is 15.1. The highest BCUT2D eigenvalue weighted by Crippen LogP contribution is 2.37. The molecule has 0 atom stereocenters. The van der Waals surface area contributed by atoms with E-state index in [1.54, 1.807) is 23.1 Å². The molecule has 0 unspecified atom stereocenters. The largest absolute Gasteiger partial charge is 0.489 e. The van der Waals surface area contributed by atoms with Crippen LogP contribution < -0.4 is 9.64 Å². The van der Waals surface area contributed by atoms with Crippen LogP contribution in [0.2, 0.25) is 0 Å². The van der Waals surface area contributed by atoms with Gasteiger partial charge < -0.3 is 9.30 Å². The van der Waals surface area contributed by atoms with Crippen LogP contribution in [0.4, 0.5) is 10.1 Å². The number of hydrogen-bond donors (Lipinski definition) is 0. The second-order valence-corrected chi connectivity index (χ2v) is 9.10. The van der Waals surface area contributed by atoms with Gasteiger partial charge in [0, 0.05) is 22.7 Å². The number of thiocarbonyl (C=S) groups is 1. The van der Waals surface area contributed by atoms with E-state index in [1.165, 1.54) is 17.8 Å². The van der Waals surface area contributed by atoms with Gasteiger partial charge in [0.1, 0.15) is 6.61 Å². The smallest absolute Gasteiger partial charge is 0.270 e. The van der Waals surface area contributed by atoms with Crippen molar-refractivity contribution in [1.29, 1.82) is 0 Å². The molecule has 0 bridgehead atoms. The van der Waals surface area contributed by atoms with E-state index in [9.17, 15) is 9.18 Å². The summed E-state index contributed by atoms with van der Waals surface area (Å²) in [5.41, 5.74) is 2.69. The summed E-state index contributed by atoms with van der Waals surface area (Å²) < 4.78 is 22.0. The zero-order valence-electron chi connectivity index (χ0n) is 17.5. The van der Waals surface area contributed by atoms with Crippen molar-refractivity contribution in [3.05, 3.63) is 101 Å². The number of benzene rings is 3. The summed E-state index contributed by atoms with van der Waals surface area (Å²) in [5.74, 6) is -0.273. The number of aromatic nitrogens is 1. The Morgan fingerprint density at radius 3 is 2.52 bits per heavy atom. The molecule has 1 amide bonds. The van der Waals surface area contributed by atoms with Crippen LogP contribution in [0.1, 0.15) is 5.56 Å². The SMILES string of the molecule is O=C1/C(=C/c2cn(CCOc3ccccc3F)c3ccccc23)SC(=S)N1c1ccccc1. The van der Waals surface area contributed by atoms with Gasteiger partial charge >= 0.3 is 0 Å². The molecule has 7 heteroatoms. The lowest BCUT2D eigenvalue weighted by Gasteiger charge is -2.13. The zero-order valence-corrected chi connectivity index (χ0v) is 19.1. The van der Waals surface area contributed by atoms with Crippen LogP contribution in [0, 0.1) is 5.82 Å². The minimum Gasteiger partial charge on any atom is -0.489 e. The van der Waals surface area contributed by atoms with Crippen molar-refractivity contribution in [2.45, 2.75) is 6.54 Å². The number of carbonyl (C=O) groups is 1. The molecule has 4 aromatic rings. The van der Waals surface area contributed by atoms with E-state index < -0.39 is 0 Å². The van der Waals surface area contributed by atoms with Gasteiger partial charge in [-0.25, -0.2) is 4.39 Å². The van der Waals surface area contributed by atoms with Crippen LogP contribution in [0.3, 0.4) is 0 Å². The van der Waals surface area contributed by atoms with Crippen molar-refractivity contribution < 1.29 is 13.9 Å². The predicted molar refractivity (Wildman–Crippen MR) is 136 cm³/mol. The Hall–Kier alpha value is -3.42. The minimum atomic E-state index is -0.379. The fourth-order valence-electron chi connectivity index (χ4n) is 3.80. The van der Waals surface area contributed by atoms with Crippen LogP contribution in [0.5, 0.6) is 5.75 Å². The Morgan fingerprint density at radius 1 is 0.970 bits per heavy atom. The van der Waals surface area contributed by atoms with Gasteiger partial charge in [-0.15, -0.1) is 0 Å². The first kappa shape index (κ1) is 21.4. The number of ether oxygens (including phenoxy) is 1. The Kier molecular flexibility index (Phi) is 5.98. The molecule has 164 valence electrons. The summed E-state index contributed by atoms with van der Waals surface area (Å²) >= 11 is 6.78. The van der Waals surface area contributed by atoms with Gasteiger partial charge in [0.2, 0.25) is 0 Å². The Balaban J connectivity index is 1.41. The monoisotopic (exact) mass is 474 g/mol. The van der Waals surface area contributed by atoms with Gasteiger partial charge in [-0.2, -0.15) is 0 Å². The molecule has 1 fully saturated rings. The second kappa shape index (κ2) is 9.21. The summed E-state index contributed by atoms with van der Waals surface area (Å²) in [6.07, 6.45) is 3.88. The zero-order chi connectivity index (χ0) is 22.8. The third kappa shape index (κ3) is 4.29. The molecule has 4 nitrogen and oxygen atoms in total. The molecule has 0 radical (unpaired) electrons. The van der Waals surface area contributed by atoms with Crippen molar-refractivity contribution in [3.8, 4) is 5.75 Å². The number of carbonyl (C=O) groups excluding carboxylic acids is 1. The number of thioether (sulfide) groups is 1. The summed E-state index contributed by atoms with van der Waals surface area (Å²) in [7, 11) is 0. The fraction of sp³-hybridized carbons (Fsp3) is 0.0769. The first-order valence-corrected chi connectivity index (χ1v) is 11.6. The summed E-state index contributed by atoms with van der Waals surface area (Å²) in [6, 6.07) is 23.8. The lowest BCUT2D eigenvalue weighted by atomic mass is 10.1. The Bertz CT molecular complexity index is 1380. The minimum absolute atomic E-state index is 0.129. The molecular formula is C26H19FN2O2S2. The number of amides is 1. The number of fused-ring (bicyclic) bond motifs is 1. The van der Waals surface area contributed by atoms with E-state index in [2.05, 4.69) is 4.57 Å². The molecule has 1 saturated heterocycles. The number of anilines is 1. The van der Waals surface area contributed by atoms with E-state index in [-0.39, 0.29) is 17.5 Å². The molecule has 5 rings (SSSR count). The van der Waals surface area contributed by atoms with Crippen molar-refractivity contribution >= 4 is 56.9 Å². The van der Waals surface area contributed by atoms with Crippen LogP contribution in [0.15, 0.2) is 90.0 Å². The summed E-state index contributed by atoms with van der Waals surface area (Å²) in [4.78, 5) is 15.3. The maximum Gasteiger partial charge on any atom is 0.270 e. The molecule has 0 spiro atoms.